The highest BCUT2D eigenvalue weighted by molar-refractivity contribution is 6.75. The third kappa shape index (κ3) is 2.50. The predicted molar refractivity (Wildman–Crippen MR) is 70.7 cm³/mol. The molecule has 2 bridgehead atoms. The summed E-state index contributed by atoms with van der Waals surface area (Å²) in [7, 11) is -2.66. The Morgan fingerprint density at radius 1 is 0.833 bits per heavy atom. The minimum atomic E-state index is -2.66. The number of nitrogens with zero attached hydrogens (tertiary/aromatic N) is 1. The van der Waals surface area contributed by atoms with Gasteiger partial charge < -0.3 is 13.3 Å². The highest BCUT2D eigenvalue weighted by Gasteiger charge is 2.45. The van der Waals surface area contributed by atoms with Gasteiger partial charge in [-0.15, -0.1) is 0 Å². The predicted octanol–water partition coefficient (Wildman–Crippen LogP) is 0.602. The zero-order valence-corrected chi connectivity index (χ0v) is 11.5. The second kappa shape index (κ2) is 5.50. The van der Waals surface area contributed by atoms with E-state index >= 15 is 0 Å². The lowest BCUT2D eigenvalue weighted by Crippen LogP contribution is -2.58. The first-order valence-electron chi connectivity index (χ1n) is 6.59. The maximum atomic E-state index is 6.07. The molecule has 1 aromatic rings. The molecule has 0 amide bonds. The van der Waals surface area contributed by atoms with Gasteiger partial charge in [0.05, 0.1) is 13.2 Å². The van der Waals surface area contributed by atoms with Crippen LogP contribution < -0.4 is 5.19 Å². The lowest BCUT2D eigenvalue weighted by atomic mass is 10.4. The molecular formula is C13H19NO3Si. The molecule has 1 aromatic carbocycles. The number of fused-ring (bicyclic) bond motifs is 7. The van der Waals surface area contributed by atoms with E-state index in [1.807, 2.05) is 18.2 Å². The average molecular weight is 265 g/mol. The van der Waals surface area contributed by atoms with Crippen molar-refractivity contribution in [3.8, 4) is 0 Å². The van der Waals surface area contributed by atoms with Gasteiger partial charge in [-0.05, 0) is 6.42 Å². The van der Waals surface area contributed by atoms with E-state index in [9.17, 15) is 0 Å². The van der Waals surface area contributed by atoms with Crippen LogP contribution in [0.15, 0.2) is 30.3 Å². The summed E-state index contributed by atoms with van der Waals surface area (Å²) in [5, 5.41) is 1.08. The maximum absolute atomic E-state index is 6.07. The monoisotopic (exact) mass is 265 g/mol. The molecule has 3 heterocycles. The van der Waals surface area contributed by atoms with Crippen LogP contribution in [-0.2, 0) is 13.3 Å². The van der Waals surface area contributed by atoms with Crippen molar-refractivity contribution >= 4 is 14.0 Å². The van der Waals surface area contributed by atoms with Gasteiger partial charge in [-0.3, -0.25) is 4.90 Å². The van der Waals surface area contributed by atoms with Crippen molar-refractivity contribution in [3.05, 3.63) is 30.3 Å². The van der Waals surface area contributed by atoms with Gasteiger partial charge in [0.25, 0.3) is 0 Å². The maximum Gasteiger partial charge on any atom is 0.537 e. The van der Waals surface area contributed by atoms with E-state index in [1.165, 1.54) is 0 Å². The molecule has 0 radical (unpaired) electrons. The standard InChI is InChI=1S/C13H19NO3Si/c1-2-5-13(6-3-1)18-15-10-4-7-14(8-11-16-18)9-12-17-18/h1-3,5-6H,4,7-12H2. The van der Waals surface area contributed by atoms with Gasteiger partial charge in [0.15, 0.2) is 0 Å². The van der Waals surface area contributed by atoms with E-state index in [-0.39, 0.29) is 0 Å². The van der Waals surface area contributed by atoms with Gasteiger partial charge in [-0.2, -0.15) is 0 Å². The minimum Gasteiger partial charge on any atom is -0.370 e. The summed E-state index contributed by atoms with van der Waals surface area (Å²) < 4.78 is 18.2. The smallest absolute Gasteiger partial charge is 0.370 e. The van der Waals surface area contributed by atoms with Crippen molar-refractivity contribution in [1.29, 1.82) is 0 Å². The van der Waals surface area contributed by atoms with E-state index in [2.05, 4.69) is 17.0 Å². The Balaban J connectivity index is 1.91. The van der Waals surface area contributed by atoms with Crippen LogP contribution in [0, 0.1) is 0 Å². The summed E-state index contributed by atoms with van der Waals surface area (Å²) in [6.45, 7) is 5.15. The Kier molecular flexibility index (Phi) is 3.76. The van der Waals surface area contributed by atoms with Gasteiger partial charge in [-0.25, -0.2) is 0 Å². The molecule has 0 aliphatic carbocycles. The van der Waals surface area contributed by atoms with Crippen LogP contribution >= 0.6 is 0 Å². The first-order valence-corrected chi connectivity index (χ1v) is 8.31. The molecule has 98 valence electrons. The average Bonchev–Trinajstić information content (AvgIpc) is 2.55. The van der Waals surface area contributed by atoms with Crippen LogP contribution in [0.5, 0.6) is 0 Å². The zero-order chi connectivity index (χ0) is 12.3. The quantitative estimate of drug-likeness (QED) is 0.696. The number of rotatable bonds is 1. The van der Waals surface area contributed by atoms with Crippen molar-refractivity contribution in [3.63, 3.8) is 0 Å². The Morgan fingerprint density at radius 2 is 1.50 bits per heavy atom. The molecule has 3 aliphatic heterocycles. The van der Waals surface area contributed by atoms with Crippen LogP contribution in [0.3, 0.4) is 0 Å². The minimum absolute atomic E-state index is 0.696. The van der Waals surface area contributed by atoms with Crippen molar-refractivity contribution in [1.82, 2.24) is 4.90 Å². The van der Waals surface area contributed by atoms with E-state index in [0.717, 1.165) is 37.8 Å². The normalized spacial score (nSPS) is 33.2. The molecule has 4 rings (SSSR count). The van der Waals surface area contributed by atoms with Crippen molar-refractivity contribution in [2.45, 2.75) is 6.42 Å². The molecule has 0 saturated carbocycles. The van der Waals surface area contributed by atoms with Crippen LogP contribution in [0.2, 0.25) is 0 Å². The summed E-state index contributed by atoms with van der Waals surface area (Å²) in [6, 6.07) is 10.2. The molecule has 0 atom stereocenters. The summed E-state index contributed by atoms with van der Waals surface area (Å²) in [4.78, 5) is 2.39. The van der Waals surface area contributed by atoms with Crippen molar-refractivity contribution in [2.24, 2.45) is 0 Å². The van der Waals surface area contributed by atoms with Crippen molar-refractivity contribution in [2.75, 3.05) is 39.5 Å². The Bertz CT molecular complexity index is 372. The van der Waals surface area contributed by atoms with Gasteiger partial charge in [0.2, 0.25) is 0 Å². The number of hydrogen-bond acceptors (Lipinski definition) is 4. The van der Waals surface area contributed by atoms with Crippen LogP contribution in [0.4, 0.5) is 0 Å². The van der Waals surface area contributed by atoms with E-state index in [1.54, 1.807) is 0 Å². The molecule has 0 aromatic heterocycles. The molecular weight excluding hydrogens is 246 g/mol. The van der Waals surface area contributed by atoms with Gasteiger partial charge in [0, 0.05) is 31.4 Å². The Hall–Kier alpha value is -0.723. The Labute approximate surface area is 109 Å². The highest BCUT2D eigenvalue weighted by Crippen LogP contribution is 2.16. The largest absolute Gasteiger partial charge is 0.537 e. The summed E-state index contributed by atoms with van der Waals surface area (Å²) in [5.41, 5.74) is 0. The fraction of sp³-hybridized carbons (Fsp3) is 0.538. The second-order valence-electron chi connectivity index (χ2n) is 4.66. The molecule has 0 N–H and O–H groups in total. The van der Waals surface area contributed by atoms with E-state index in [4.69, 9.17) is 13.3 Å². The number of benzene rings is 1. The molecule has 0 unspecified atom stereocenters. The molecule has 5 heteroatoms. The molecule has 4 nitrogen and oxygen atoms in total. The molecule has 3 aliphatic rings. The van der Waals surface area contributed by atoms with Gasteiger partial charge >= 0.3 is 8.80 Å². The third-order valence-corrected chi connectivity index (χ3v) is 6.23. The second-order valence-corrected chi connectivity index (χ2v) is 7.22. The van der Waals surface area contributed by atoms with Crippen LogP contribution in [0.25, 0.3) is 0 Å². The first kappa shape index (κ1) is 12.3. The fourth-order valence-electron chi connectivity index (χ4n) is 2.47. The van der Waals surface area contributed by atoms with Crippen molar-refractivity contribution < 1.29 is 13.3 Å². The Morgan fingerprint density at radius 3 is 2.22 bits per heavy atom. The fourth-order valence-corrected chi connectivity index (χ4v) is 4.95. The van der Waals surface area contributed by atoms with Crippen LogP contribution in [0.1, 0.15) is 6.42 Å². The summed E-state index contributed by atoms with van der Waals surface area (Å²) in [6.07, 6.45) is 1.05. The van der Waals surface area contributed by atoms with E-state index in [0.29, 0.717) is 13.2 Å². The first-order chi connectivity index (χ1) is 8.89. The molecule has 0 spiro atoms. The summed E-state index contributed by atoms with van der Waals surface area (Å²) >= 11 is 0. The number of hydrogen-bond donors (Lipinski definition) is 0. The lowest BCUT2D eigenvalue weighted by molar-refractivity contribution is 0.0533. The van der Waals surface area contributed by atoms with E-state index < -0.39 is 8.80 Å². The third-order valence-electron chi connectivity index (χ3n) is 3.44. The lowest BCUT2D eigenvalue weighted by Gasteiger charge is -2.32. The van der Waals surface area contributed by atoms with Gasteiger partial charge in [-0.1, -0.05) is 30.3 Å². The SMILES string of the molecule is c1ccc([Si]23OCCCN(CCO2)CCO3)cc1. The topological polar surface area (TPSA) is 30.9 Å². The zero-order valence-electron chi connectivity index (χ0n) is 10.5. The molecule has 3 saturated heterocycles. The van der Waals surface area contributed by atoms with Crippen LogP contribution in [-0.4, -0.2) is 53.2 Å². The molecule has 18 heavy (non-hydrogen) atoms. The highest BCUT2D eigenvalue weighted by atomic mass is 28.4. The van der Waals surface area contributed by atoms with Gasteiger partial charge in [0.1, 0.15) is 0 Å². The molecule has 3 fully saturated rings. The summed E-state index contributed by atoms with van der Waals surface area (Å²) in [5.74, 6) is 0.